The van der Waals surface area contributed by atoms with Crippen molar-refractivity contribution in [2.75, 3.05) is 19.6 Å². The first-order valence-electron chi connectivity index (χ1n) is 8.32. The fourth-order valence-electron chi connectivity index (χ4n) is 2.25. The fraction of sp³-hybridized carbons (Fsp3) is 0.529. The number of amides is 2. The van der Waals surface area contributed by atoms with Gasteiger partial charge < -0.3 is 20.6 Å². The highest BCUT2D eigenvalue weighted by molar-refractivity contribution is 5.82. The van der Waals surface area contributed by atoms with E-state index in [0.717, 1.165) is 18.4 Å². The van der Waals surface area contributed by atoms with E-state index < -0.39 is 6.09 Å². The van der Waals surface area contributed by atoms with E-state index in [1.54, 1.807) is 0 Å². The van der Waals surface area contributed by atoms with Crippen molar-refractivity contribution in [2.45, 2.75) is 39.3 Å². The molecular weight excluding hydrogens is 310 g/mol. The van der Waals surface area contributed by atoms with Gasteiger partial charge in [0.2, 0.25) is 5.91 Å². The first-order valence-corrected chi connectivity index (χ1v) is 8.32. The molecule has 1 fully saturated rings. The minimum Gasteiger partial charge on any atom is -0.445 e. The van der Waals surface area contributed by atoms with Crippen molar-refractivity contribution in [1.29, 1.82) is 0 Å². The summed E-state index contributed by atoms with van der Waals surface area (Å²) in [6.45, 7) is 5.02. The van der Waals surface area contributed by atoms with Crippen LogP contribution in [-0.4, -0.2) is 47.9 Å². The van der Waals surface area contributed by atoms with Crippen LogP contribution in [0.1, 0.15) is 33.7 Å². The normalized spacial score (nSPS) is 16.7. The van der Waals surface area contributed by atoms with E-state index in [2.05, 4.69) is 10.6 Å². The zero-order valence-electron chi connectivity index (χ0n) is 14.3. The first-order chi connectivity index (χ1) is 11.6. The Balaban J connectivity index is 0.00000185. The molecule has 7 nitrogen and oxygen atoms in total. The SMILES string of the molecule is CC.O=C(CNC(=O)OCc1ccccc1)NC[C@@H]1CCCN1O.[HH]. The lowest BCUT2D eigenvalue weighted by Gasteiger charge is -2.17. The molecule has 1 aromatic carbocycles. The molecule has 136 valence electrons. The molecule has 0 saturated carbocycles. The smallest absolute Gasteiger partial charge is 0.407 e. The number of alkyl carbamates (subject to hydrolysis) is 1. The summed E-state index contributed by atoms with van der Waals surface area (Å²) in [5, 5.41) is 15.8. The van der Waals surface area contributed by atoms with Crippen LogP contribution in [-0.2, 0) is 16.1 Å². The third-order valence-electron chi connectivity index (χ3n) is 3.49. The highest BCUT2D eigenvalue weighted by Crippen LogP contribution is 2.12. The Morgan fingerprint density at radius 3 is 2.62 bits per heavy atom. The predicted octanol–water partition coefficient (Wildman–Crippen LogP) is 2.15. The summed E-state index contributed by atoms with van der Waals surface area (Å²) in [4.78, 5) is 23.1. The molecule has 0 bridgehead atoms. The van der Waals surface area contributed by atoms with Crippen LogP contribution >= 0.6 is 0 Å². The van der Waals surface area contributed by atoms with Crippen molar-refractivity contribution in [1.82, 2.24) is 15.7 Å². The molecule has 2 rings (SSSR count). The van der Waals surface area contributed by atoms with Crippen molar-refractivity contribution in [3.63, 3.8) is 0 Å². The van der Waals surface area contributed by atoms with Gasteiger partial charge in [-0.05, 0) is 18.4 Å². The number of hydrogen-bond donors (Lipinski definition) is 3. The van der Waals surface area contributed by atoms with Crippen LogP contribution in [0, 0.1) is 0 Å². The van der Waals surface area contributed by atoms with E-state index in [-0.39, 0.29) is 26.5 Å². The van der Waals surface area contributed by atoms with Gasteiger partial charge >= 0.3 is 6.09 Å². The number of hydrogen-bond acceptors (Lipinski definition) is 5. The summed E-state index contributed by atoms with van der Waals surface area (Å²) in [6.07, 6.45) is 1.13. The molecule has 0 unspecified atom stereocenters. The lowest BCUT2D eigenvalue weighted by Crippen LogP contribution is -2.43. The van der Waals surface area contributed by atoms with Gasteiger partial charge in [-0.3, -0.25) is 4.79 Å². The molecule has 1 aliphatic rings. The standard InChI is InChI=1S/C15H21N3O4.C2H6.H2/c19-14(16-9-13-7-4-8-18(13)21)10-17-15(20)22-11-12-5-2-1-3-6-12;1-2;/h1-3,5-6,13,21H,4,7-11H2,(H,16,19)(H,17,20);1-2H3;1H/t13-;;/m0../s1. The van der Waals surface area contributed by atoms with Crippen molar-refractivity contribution >= 4 is 12.0 Å². The van der Waals surface area contributed by atoms with Gasteiger partial charge in [0.25, 0.3) is 0 Å². The molecule has 0 spiro atoms. The fourth-order valence-corrected chi connectivity index (χ4v) is 2.25. The zero-order valence-corrected chi connectivity index (χ0v) is 14.3. The molecule has 0 radical (unpaired) electrons. The summed E-state index contributed by atoms with van der Waals surface area (Å²) >= 11 is 0. The molecule has 24 heavy (non-hydrogen) atoms. The Labute approximate surface area is 144 Å². The summed E-state index contributed by atoms with van der Waals surface area (Å²) in [5.74, 6) is -0.308. The van der Waals surface area contributed by atoms with Crippen molar-refractivity contribution in [2.24, 2.45) is 0 Å². The zero-order chi connectivity index (χ0) is 17.8. The van der Waals surface area contributed by atoms with Crippen LogP contribution < -0.4 is 10.6 Å². The van der Waals surface area contributed by atoms with Crippen LogP contribution in [0.25, 0.3) is 0 Å². The second kappa shape index (κ2) is 11.4. The van der Waals surface area contributed by atoms with E-state index in [1.165, 1.54) is 5.06 Å². The lowest BCUT2D eigenvalue weighted by atomic mass is 10.2. The molecule has 2 amide bonds. The van der Waals surface area contributed by atoms with Crippen LogP contribution in [0.4, 0.5) is 4.79 Å². The second-order valence-electron chi connectivity index (χ2n) is 5.18. The molecule has 1 aliphatic heterocycles. The van der Waals surface area contributed by atoms with Gasteiger partial charge in [0.1, 0.15) is 6.61 Å². The van der Waals surface area contributed by atoms with E-state index in [0.29, 0.717) is 13.1 Å². The van der Waals surface area contributed by atoms with Gasteiger partial charge in [0.15, 0.2) is 0 Å². The number of carbonyl (C=O) groups excluding carboxylic acids is 2. The Hall–Kier alpha value is -2.12. The number of rotatable bonds is 6. The average molecular weight is 339 g/mol. The average Bonchev–Trinajstić information content (AvgIpc) is 3.04. The molecule has 1 heterocycles. The number of carbonyl (C=O) groups is 2. The summed E-state index contributed by atoms with van der Waals surface area (Å²) in [5.41, 5.74) is 0.881. The summed E-state index contributed by atoms with van der Waals surface area (Å²) < 4.78 is 5.00. The monoisotopic (exact) mass is 339 g/mol. The van der Waals surface area contributed by atoms with Gasteiger partial charge in [0, 0.05) is 14.5 Å². The number of ether oxygens (including phenoxy) is 1. The summed E-state index contributed by atoms with van der Waals surface area (Å²) in [6, 6.07) is 9.25. The Kier molecular flexibility index (Phi) is 9.48. The maximum atomic E-state index is 11.6. The van der Waals surface area contributed by atoms with Crippen molar-refractivity contribution in [3.8, 4) is 0 Å². The molecule has 3 N–H and O–H groups in total. The van der Waals surface area contributed by atoms with Crippen LogP contribution in [0.2, 0.25) is 0 Å². The summed E-state index contributed by atoms with van der Waals surface area (Å²) in [7, 11) is 0. The third-order valence-corrected chi connectivity index (χ3v) is 3.49. The highest BCUT2D eigenvalue weighted by atomic mass is 16.5. The Morgan fingerprint density at radius 2 is 2.00 bits per heavy atom. The molecule has 1 aromatic rings. The maximum Gasteiger partial charge on any atom is 0.407 e. The second-order valence-corrected chi connectivity index (χ2v) is 5.18. The number of benzene rings is 1. The molecular formula is C17H29N3O4. The minimum absolute atomic E-state index is 0. The van der Waals surface area contributed by atoms with E-state index >= 15 is 0 Å². The van der Waals surface area contributed by atoms with Gasteiger partial charge in [-0.25, -0.2) is 4.79 Å². The quantitative estimate of drug-likeness (QED) is 0.739. The largest absolute Gasteiger partial charge is 0.445 e. The minimum atomic E-state index is -0.636. The first kappa shape index (κ1) is 19.9. The molecule has 0 aliphatic carbocycles. The third kappa shape index (κ3) is 7.43. The molecule has 1 saturated heterocycles. The highest BCUT2D eigenvalue weighted by Gasteiger charge is 2.23. The number of nitrogens with one attached hydrogen (secondary N) is 2. The predicted molar refractivity (Wildman–Crippen MR) is 92.6 cm³/mol. The van der Waals surface area contributed by atoms with Crippen LogP contribution in [0.5, 0.6) is 0 Å². The van der Waals surface area contributed by atoms with Crippen LogP contribution in [0.15, 0.2) is 30.3 Å². The molecule has 0 aromatic heterocycles. The van der Waals surface area contributed by atoms with E-state index in [9.17, 15) is 14.8 Å². The maximum absolute atomic E-state index is 11.6. The number of hydroxylamine groups is 2. The Morgan fingerprint density at radius 1 is 1.29 bits per heavy atom. The van der Waals surface area contributed by atoms with Gasteiger partial charge in [0.05, 0.1) is 12.6 Å². The van der Waals surface area contributed by atoms with Crippen molar-refractivity contribution in [3.05, 3.63) is 35.9 Å². The van der Waals surface area contributed by atoms with Crippen LogP contribution in [0.3, 0.4) is 0 Å². The topological polar surface area (TPSA) is 90.9 Å². The van der Waals surface area contributed by atoms with Gasteiger partial charge in [-0.2, -0.15) is 5.06 Å². The molecule has 7 heteroatoms. The van der Waals surface area contributed by atoms with Gasteiger partial charge in [-0.1, -0.05) is 44.2 Å². The van der Waals surface area contributed by atoms with E-state index in [4.69, 9.17) is 4.74 Å². The Bertz CT molecular complexity index is 502. The van der Waals surface area contributed by atoms with E-state index in [1.807, 2.05) is 44.2 Å². The lowest BCUT2D eigenvalue weighted by molar-refractivity contribution is -0.123. The number of nitrogens with zero attached hydrogens (tertiary/aromatic N) is 1. The molecule has 1 atom stereocenters. The van der Waals surface area contributed by atoms with Gasteiger partial charge in [-0.15, -0.1) is 0 Å². The van der Waals surface area contributed by atoms with Crippen molar-refractivity contribution < 1.29 is 21.0 Å².